The minimum Gasteiger partial charge on any atom is -0.330 e. The van der Waals surface area contributed by atoms with Crippen molar-refractivity contribution in [2.75, 3.05) is 11.9 Å². The normalized spacial score (nSPS) is 12.5. The third kappa shape index (κ3) is 6.18. The number of aromatic nitrogens is 2. The number of carbonyl (C=O) groups is 2. The molecule has 0 saturated carbocycles. The number of carbonyl (C=O) groups excluding carboxylic acids is 2. The number of amides is 2. The third-order valence-electron chi connectivity index (χ3n) is 6.22. The monoisotopic (exact) mass is 474 g/mol. The smallest absolute Gasteiger partial charge is 0.245 e. The maximum Gasteiger partial charge on any atom is 0.245 e. The van der Waals surface area contributed by atoms with E-state index in [1.807, 2.05) is 88.4 Å². The average molecular weight is 475 g/mol. The fraction of sp³-hybridized carbons (Fsp3) is 0.414. The van der Waals surface area contributed by atoms with Crippen LogP contribution < -0.4 is 5.32 Å². The molecule has 0 aliphatic heterocycles. The Morgan fingerprint density at radius 2 is 1.66 bits per heavy atom. The summed E-state index contributed by atoms with van der Waals surface area (Å²) in [5, 5.41) is 7.85. The maximum atomic E-state index is 13.5. The van der Waals surface area contributed by atoms with Gasteiger partial charge in [0.2, 0.25) is 11.8 Å². The van der Waals surface area contributed by atoms with E-state index in [2.05, 4.69) is 26.1 Å². The summed E-state index contributed by atoms with van der Waals surface area (Å²) in [5.41, 5.74) is 3.63. The van der Waals surface area contributed by atoms with Crippen molar-refractivity contribution in [1.29, 1.82) is 0 Å². The predicted molar refractivity (Wildman–Crippen MR) is 142 cm³/mol. The molecular weight excluding hydrogens is 436 g/mol. The van der Waals surface area contributed by atoms with Crippen LogP contribution in [0.1, 0.15) is 70.7 Å². The van der Waals surface area contributed by atoms with Gasteiger partial charge in [-0.15, -0.1) is 0 Å². The van der Waals surface area contributed by atoms with Crippen molar-refractivity contribution >= 4 is 17.6 Å². The van der Waals surface area contributed by atoms with Gasteiger partial charge >= 0.3 is 0 Å². The molecule has 0 aliphatic rings. The van der Waals surface area contributed by atoms with Gasteiger partial charge in [-0.3, -0.25) is 9.59 Å². The molecule has 6 heteroatoms. The number of anilines is 1. The van der Waals surface area contributed by atoms with Gasteiger partial charge in [0, 0.05) is 17.5 Å². The molecule has 1 unspecified atom stereocenters. The first kappa shape index (κ1) is 26.2. The van der Waals surface area contributed by atoms with Gasteiger partial charge in [0.15, 0.2) is 0 Å². The number of nitrogens with one attached hydrogen (secondary N) is 1. The molecule has 0 bridgehead atoms. The Hall–Kier alpha value is -3.41. The molecule has 0 saturated heterocycles. The topological polar surface area (TPSA) is 67.2 Å². The third-order valence-corrected chi connectivity index (χ3v) is 6.22. The fourth-order valence-electron chi connectivity index (χ4n) is 4.11. The minimum absolute atomic E-state index is 0.0242. The van der Waals surface area contributed by atoms with E-state index in [-0.39, 0.29) is 35.7 Å². The van der Waals surface area contributed by atoms with Crippen LogP contribution in [0.25, 0.3) is 5.69 Å². The summed E-state index contributed by atoms with van der Waals surface area (Å²) in [6.45, 7) is 14.2. The molecule has 0 aliphatic carbocycles. The molecule has 0 fully saturated rings. The predicted octanol–water partition coefficient (Wildman–Crippen LogP) is 5.85. The lowest BCUT2D eigenvalue weighted by Crippen LogP contribution is -2.44. The van der Waals surface area contributed by atoms with E-state index in [4.69, 9.17) is 5.10 Å². The number of hydrogen-bond acceptors (Lipinski definition) is 3. The van der Waals surface area contributed by atoms with Crippen molar-refractivity contribution in [3.63, 3.8) is 0 Å². The highest BCUT2D eigenvalue weighted by atomic mass is 16.2. The van der Waals surface area contributed by atoms with Gasteiger partial charge in [-0.25, -0.2) is 4.68 Å². The Bertz CT molecular complexity index is 1160. The minimum atomic E-state index is -0.281. The molecule has 1 atom stereocenters. The summed E-state index contributed by atoms with van der Waals surface area (Å²) in [7, 11) is 0. The maximum absolute atomic E-state index is 13.5. The van der Waals surface area contributed by atoms with Crippen LogP contribution in [0.3, 0.4) is 0 Å². The second kappa shape index (κ2) is 10.9. The highest BCUT2D eigenvalue weighted by Crippen LogP contribution is 2.28. The standard InChI is InChI=1S/C29H38N4O2/c1-8-23(22-15-10-9-11-16-22)28(35)32(20(2)3)19-27(34)30-26-18-25(29(5,6)7)31-33(26)24-17-13-12-14-21(24)4/h9-18,20,23H,8,19H2,1-7H3,(H,30,34). The Balaban J connectivity index is 1.87. The van der Waals surface area contributed by atoms with Crippen LogP contribution in [-0.4, -0.2) is 39.1 Å². The molecule has 2 amide bonds. The van der Waals surface area contributed by atoms with Crippen molar-refractivity contribution in [2.45, 2.75) is 72.3 Å². The SMILES string of the molecule is CCC(C(=O)N(CC(=O)Nc1cc(C(C)(C)C)nn1-c1ccccc1C)C(C)C)c1ccccc1. The zero-order valence-electron chi connectivity index (χ0n) is 22.0. The van der Waals surface area contributed by atoms with Gasteiger partial charge < -0.3 is 10.2 Å². The van der Waals surface area contributed by atoms with E-state index in [1.54, 1.807) is 9.58 Å². The number of benzene rings is 2. The number of hydrogen-bond donors (Lipinski definition) is 1. The first-order chi connectivity index (χ1) is 16.5. The molecule has 0 spiro atoms. The van der Waals surface area contributed by atoms with E-state index in [0.29, 0.717) is 12.2 Å². The second-order valence-corrected chi connectivity index (χ2v) is 10.3. The molecule has 35 heavy (non-hydrogen) atoms. The number of rotatable bonds is 8. The molecule has 1 aromatic heterocycles. The molecule has 1 heterocycles. The van der Waals surface area contributed by atoms with Crippen molar-refractivity contribution in [2.24, 2.45) is 0 Å². The van der Waals surface area contributed by atoms with E-state index in [9.17, 15) is 9.59 Å². The van der Waals surface area contributed by atoms with Crippen molar-refractivity contribution < 1.29 is 9.59 Å². The molecule has 3 aromatic rings. The van der Waals surface area contributed by atoms with Gasteiger partial charge in [-0.1, -0.05) is 76.2 Å². The molecule has 1 N–H and O–H groups in total. The Kier molecular flexibility index (Phi) is 8.15. The second-order valence-electron chi connectivity index (χ2n) is 10.3. The van der Waals surface area contributed by atoms with Gasteiger partial charge in [-0.2, -0.15) is 5.10 Å². The zero-order chi connectivity index (χ0) is 25.8. The van der Waals surface area contributed by atoms with E-state index < -0.39 is 0 Å². The molecule has 2 aromatic carbocycles. The Morgan fingerprint density at radius 1 is 1.03 bits per heavy atom. The summed E-state index contributed by atoms with van der Waals surface area (Å²) < 4.78 is 1.79. The zero-order valence-corrected chi connectivity index (χ0v) is 22.0. The fourth-order valence-corrected chi connectivity index (χ4v) is 4.11. The van der Waals surface area contributed by atoms with Crippen LogP contribution in [0.15, 0.2) is 60.7 Å². The summed E-state index contributed by atoms with van der Waals surface area (Å²) in [6, 6.07) is 19.5. The molecule has 6 nitrogen and oxygen atoms in total. The summed E-state index contributed by atoms with van der Waals surface area (Å²) in [5.74, 6) is 0.0358. The van der Waals surface area contributed by atoms with Crippen LogP contribution in [0.2, 0.25) is 0 Å². The van der Waals surface area contributed by atoms with Crippen molar-refractivity contribution in [3.8, 4) is 5.69 Å². The average Bonchev–Trinajstić information content (AvgIpc) is 3.22. The molecule has 3 rings (SSSR count). The van der Waals surface area contributed by atoms with Crippen LogP contribution in [0, 0.1) is 6.92 Å². The molecule has 0 radical (unpaired) electrons. The number of para-hydroxylation sites is 1. The quantitative estimate of drug-likeness (QED) is 0.445. The summed E-state index contributed by atoms with van der Waals surface area (Å²) >= 11 is 0. The van der Waals surface area contributed by atoms with Crippen LogP contribution in [0.5, 0.6) is 0 Å². The van der Waals surface area contributed by atoms with E-state index >= 15 is 0 Å². The first-order valence-corrected chi connectivity index (χ1v) is 12.3. The van der Waals surface area contributed by atoms with E-state index in [0.717, 1.165) is 22.5 Å². The van der Waals surface area contributed by atoms with Gasteiger partial charge in [0.25, 0.3) is 0 Å². The molecule has 186 valence electrons. The molecular formula is C29H38N4O2. The van der Waals surface area contributed by atoms with Crippen molar-refractivity contribution in [1.82, 2.24) is 14.7 Å². The lowest BCUT2D eigenvalue weighted by Gasteiger charge is -2.30. The highest BCUT2D eigenvalue weighted by Gasteiger charge is 2.29. The Morgan fingerprint density at radius 3 is 2.23 bits per heavy atom. The van der Waals surface area contributed by atoms with Crippen LogP contribution >= 0.6 is 0 Å². The van der Waals surface area contributed by atoms with Gasteiger partial charge in [0.05, 0.1) is 17.3 Å². The lowest BCUT2D eigenvalue weighted by molar-refractivity contribution is -0.137. The van der Waals surface area contributed by atoms with Crippen molar-refractivity contribution in [3.05, 3.63) is 77.5 Å². The number of nitrogens with zero attached hydrogens (tertiary/aromatic N) is 3. The summed E-state index contributed by atoms with van der Waals surface area (Å²) in [6.07, 6.45) is 0.669. The van der Waals surface area contributed by atoms with Crippen LogP contribution in [-0.2, 0) is 15.0 Å². The van der Waals surface area contributed by atoms with Gasteiger partial charge in [-0.05, 0) is 44.4 Å². The highest BCUT2D eigenvalue weighted by molar-refractivity contribution is 5.95. The van der Waals surface area contributed by atoms with Crippen LogP contribution in [0.4, 0.5) is 5.82 Å². The number of aryl methyl sites for hydroxylation is 1. The summed E-state index contributed by atoms with van der Waals surface area (Å²) in [4.78, 5) is 28.4. The Labute approximate surface area is 209 Å². The van der Waals surface area contributed by atoms with E-state index in [1.165, 1.54) is 0 Å². The first-order valence-electron chi connectivity index (χ1n) is 12.3. The van der Waals surface area contributed by atoms with Gasteiger partial charge in [0.1, 0.15) is 12.4 Å². The lowest BCUT2D eigenvalue weighted by atomic mass is 9.92. The largest absolute Gasteiger partial charge is 0.330 e.